The zero-order valence-corrected chi connectivity index (χ0v) is 22.8. The Morgan fingerprint density at radius 3 is 2.62 bits per heavy atom. The second-order valence-electron chi connectivity index (χ2n) is 10.0. The van der Waals surface area contributed by atoms with Gasteiger partial charge in [-0.15, -0.1) is 12.4 Å². The number of carbonyl (C=O) groups is 2. The van der Waals surface area contributed by atoms with Crippen molar-refractivity contribution in [2.75, 3.05) is 39.8 Å². The third kappa shape index (κ3) is 5.12. The van der Waals surface area contributed by atoms with Gasteiger partial charge in [-0.2, -0.15) is 0 Å². The quantitative estimate of drug-likeness (QED) is 0.326. The number of aromatic nitrogens is 1. The fourth-order valence-corrected chi connectivity index (χ4v) is 5.87. The average Bonchev–Trinajstić information content (AvgIpc) is 3.66. The van der Waals surface area contributed by atoms with Crippen molar-refractivity contribution in [1.82, 2.24) is 20.1 Å². The van der Waals surface area contributed by atoms with E-state index in [1.807, 2.05) is 66.7 Å². The number of nitrogens with zero attached hydrogens (tertiary/aromatic N) is 2. The molecule has 0 spiro atoms. The lowest BCUT2D eigenvalue weighted by molar-refractivity contribution is -0.122. The van der Waals surface area contributed by atoms with E-state index in [0.29, 0.717) is 12.1 Å². The molecule has 0 saturated carbocycles. The first-order valence-electron chi connectivity index (χ1n) is 13.3. The van der Waals surface area contributed by atoms with Crippen LogP contribution >= 0.6 is 12.4 Å². The molecule has 3 heterocycles. The minimum absolute atomic E-state index is 0. The van der Waals surface area contributed by atoms with Crippen LogP contribution in [-0.4, -0.2) is 66.4 Å². The second-order valence-corrected chi connectivity index (χ2v) is 10.0. The summed E-state index contributed by atoms with van der Waals surface area (Å²) in [6.07, 6.45) is 2.44. The molecule has 1 fully saturated rings. The normalized spacial score (nSPS) is 16.8. The first kappa shape index (κ1) is 26.8. The van der Waals surface area contributed by atoms with Crippen LogP contribution in [-0.2, 0) is 4.79 Å². The van der Waals surface area contributed by atoms with Gasteiger partial charge in [0, 0.05) is 40.7 Å². The summed E-state index contributed by atoms with van der Waals surface area (Å²) in [5.41, 5.74) is 5.39. The molecule has 7 nitrogen and oxygen atoms in total. The Balaban J connectivity index is 0.00000308. The van der Waals surface area contributed by atoms with E-state index in [9.17, 15) is 9.59 Å². The minimum atomic E-state index is -0.402. The molecule has 1 saturated heterocycles. The van der Waals surface area contributed by atoms with Crippen LogP contribution in [0.1, 0.15) is 40.4 Å². The van der Waals surface area contributed by atoms with Crippen molar-refractivity contribution in [3.05, 3.63) is 89.5 Å². The van der Waals surface area contributed by atoms with Gasteiger partial charge in [0.2, 0.25) is 5.91 Å². The summed E-state index contributed by atoms with van der Waals surface area (Å²) in [6.45, 7) is 3.60. The van der Waals surface area contributed by atoms with Crippen LogP contribution < -0.4 is 10.1 Å². The Hall–Kier alpha value is -3.81. The summed E-state index contributed by atoms with van der Waals surface area (Å²) >= 11 is 0. The number of likely N-dealkylation sites (tertiary alicyclic amines) is 1. The maximum Gasteiger partial charge on any atom is 0.255 e. The van der Waals surface area contributed by atoms with Gasteiger partial charge < -0.3 is 24.8 Å². The van der Waals surface area contributed by atoms with Crippen molar-refractivity contribution in [3.8, 4) is 17.0 Å². The lowest BCUT2D eigenvalue weighted by Crippen LogP contribution is -2.41. The van der Waals surface area contributed by atoms with Crippen molar-refractivity contribution < 1.29 is 14.3 Å². The maximum atomic E-state index is 13.7. The fourth-order valence-electron chi connectivity index (χ4n) is 5.87. The first-order valence-corrected chi connectivity index (χ1v) is 13.3. The molecular weight excluding hydrogens is 512 g/mol. The van der Waals surface area contributed by atoms with Gasteiger partial charge in [-0.1, -0.05) is 48.5 Å². The monoisotopic (exact) mass is 544 g/mol. The van der Waals surface area contributed by atoms with E-state index in [1.165, 1.54) is 12.8 Å². The number of halogens is 1. The van der Waals surface area contributed by atoms with E-state index in [-0.39, 0.29) is 30.8 Å². The number of hydrogen-bond donors (Lipinski definition) is 2. The largest absolute Gasteiger partial charge is 0.497 e. The summed E-state index contributed by atoms with van der Waals surface area (Å²) < 4.78 is 5.50. The number of rotatable bonds is 8. The molecule has 39 heavy (non-hydrogen) atoms. The van der Waals surface area contributed by atoms with Crippen molar-refractivity contribution in [3.63, 3.8) is 0 Å². The number of H-pyrrole nitrogens is 1. The zero-order valence-electron chi connectivity index (χ0n) is 22.0. The second kappa shape index (κ2) is 11.5. The lowest BCUT2D eigenvalue weighted by Gasteiger charge is -2.26. The minimum Gasteiger partial charge on any atom is -0.497 e. The molecule has 1 unspecified atom stereocenters. The van der Waals surface area contributed by atoms with E-state index in [0.717, 1.165) is 58.7 Å². The molecule has 2 aliphatic heterocycles. The van der Waals surface area contributed by atoms with E-state index in [2.05, 4.69) is 21.3 Å². The number of ether oxygens (including phenoxy) is 1. The van der Waals surface area contributed by atoms with Gasteiger partial charge >= 0.3 is 0 Å². The van der Waals surface area contributed by atoms with Gasteiger partial charge in [-0.05, 0) is 55.8 Å². The van der Waals surface area contributed by atoms with Crippen LogP contribution in [0.5, 0.6) is 5.75 Å². The first-order chi connectivity index (χ1) is 18.6. The fraction of sp³-hybridized carbons (Fsp3) is 0.290. The van der Waals surface area contributed by atoms with Crippen LogP contribution in [0.2, 0.25) is 0 Å². The third-order valence-corrected chi connectivity index (χ3v) is 7.70. The average molecular weight is 545 g/mol. The summed E-state index contributed by atoms with van der Waals surface area (Å²) in [5.74, 6) is 0.490. The van der Waals surface area contributed by atoms with Crippen LogP contribution in [0.25, 0.3) is 22.2 Å². The molecule has 202 valence electrons. The number of amides is 2. The number of methoxy groups -OCH3 is 1. The number of carbonyl (C=O) groups excluding carboxylic acids is 2. The molecule has 1 aromatic heterocycles. The highest BCUT2D eigenvalue weighted by Gasteiger charge is 2.41. The molecule has 6 rings (SSSR count). The Labute approximate surface area is 234 Å². The van der Waals surface area contributed by atoms with Crippen LogP contribution in [0, 0.1) is 0 Å². The smallest absolute Gasteiger partial charge is 0.255 e. The molecule has 2 aliphatic rings. The Bertz CT molecular complexity index is 1490. The van der Waals surface area contributed by atoms with Crippen LogP contribution in [0.15, 0.2) is 72.8 Å². The molecule has 1 atom stereocenters. The van der Waals surface area contributed by atoms with E-state index >= 15 is 0 Å². The summed E-state index contributed by atoms with van der Waals surface area (Å²) in [4.78, 5) is 34.5. The van der Waals surface area contributed by atoms with Gasteiger partial charge in [-0.3, -0.25) is 9.59 Å². The van der Waals surface area contributed by atoms with Gasteiger partial charge in [0.05, 0.1) is 18.8 Å². The van der Waals surface area contributed by atoms with Gasteiger partial charge in [0.15, 0.2) is 0 Å². The number of nitrogens with one attached hydrogen (secondary N) is 2. The van der Waals surface area contributed by atoms with Crippen molar-refractivity contribution >= 4 is 35.1 Å². The van der Waals surface area contributed by atoms with Gasteiger partial charge in [-0.25, -0.2) is 0 Å². The Kier molecular flexibility index (Phi) is 7.91. The number of hydrogen-bond acceptors (Lipinski definition) is 4. The highest BCUT2D eigenvalue weighted by Crippen LogP contribution is 2.45. The molecule has 8 heteroatoms. The number of benzene rings is 3. The molecule has 3 aromatic carbocycles. The Morgan fingerprint density at radius 1 is 1.03 bits per heavy atom. The van der Waals surface area contributed by atoms with Crippen molar-refractivity contribution in [1.29, 1.82) is 0 Å². The van der Waals surface area contributed by atoms with Gasteiger partial charge in [0.1, 0.15) is 12.3 Å². The van der Waals surface area contributed by atoms with Crippen LogP contribution in [0.4, 0.5) is 0 Å². The molecule has 4 aromatic rings. The molecule has 0 aliphatic carbocycles. The number of fused-ring (bicyclic) bond motifs is 2. The lowest BCUT2D eigenvalue weighted by atomic mass is 9.93. The number of para-hydroxylation sites is 1. The molecule has 2 N–H and O–H groups in total. The molecule has 2 amide bonds. The predicted octanol–water partition coefficient (Wildman–Crippen LogP) is 5.02. The van der Waals surface area contributed by atoms with E-state index in [4.69, 9.17) is 4.74 Å². The summed E-state index contributed by atoms with van der Waals surface area (Å²) in [7, 11) is 1.65. The standard InChI is InChI=1S/C31H32N4O3.ClH/c1-38-22-10-8-9-21(19-22)29-28(25-13-4-5-14-26(25)33-29)30-23-11-2-3-12-24(23)31(37)35(30)20-27(36)32-15-18-34-16-6-7-17-34;/h2-5,8-14,19,30,33H,6-7,15-18,20H2,1H3,(H,32,36);1H. The predicted molar refractivity (Wildman–Crippen MR) is 156 cm³/mol. The third-order valence-electron chi connectivity index (χ3n) is 7.70. The SMILES string of the molecule is COc1cccc(-c2[nH]c3ccccc3c2C2c3ccccc3C(=O)N2CC(=O)NCCN2CCCC2)c1.Cl. The maximum absolute atomic E-state index is 13.7. The van der Waals surface area contributed by atoms with Gasteiger partial charge in [0.25, 0.3) is 5.91 Å². The molecule has 0 radical (unpaired) electrons. The van der Waals surface area contributed by atoms with Crippen LogP contribution in [0.3, 0.4) is 0 Å². The highest BCUT2D eigenvalue weighted by atomic mass is 35.5. The summed E-state index contributed by atoms with van der Waals surface area (Å²) in [6, 6.07) is 23.3. The van der Waals surface area contributed by atoms with E-state index < -0.39 is 6.04 Å². The summed E-state index contributed by atoms with van der Waals surface area (Å²) in [5, 5.41) is 4.08. The van der Waals surface area contributed by atoms with Crippen molar-refractivity contribution in [2.24, 2.45) is 0 Å². The van der Waals surface area contributed by atoms with E-state index in [1.54, 1.807) is 12.0 Å². The highest BCUT2D eigenvalue weighted by molar-refractivity contribution is 6.03. The topological polar surface area (TPSA) is 77.7 Å². The van der Waals surface area contributed by atoms with Crippen molar-refractivity contribution in [2.45, 2.75) is 18.9 Å². The number of aromatic amines is 1. The Morgan fingerprint density at radius 2 is 1.79 bits per heavy atom. The molecular formula is C31H33ClN4O3. The molecule has 0 bridgehead atoms. The zero-order chi connectivity index (χ0) is 26.1.